The van der Waals surface area contributed by atoms with Gasteiger partial charge in [-0.2, -0.15) is 26.3 Å². The molecule has 1 fully saturated rings. The third kappa shape index (κ3) is 12.9. The van der Waals surface area contributed by atoms with Crippen LogP contribution in [0.1, 0.15) is 40.1 Å². The number of hydrogen-bond donors (Lipinski definition) is 6. The number of alkyl halides is 7. The molecule has 1 saturated heterocycles. The van der Waals surface area contributed by atoms with Crippen LogP contribution >= 0.6 is 11.3 Å². The van der Waals surface area contributed by atoms with Gasteiger partial charge in [0.05, 0.1) is 59.8 Å². The van der Waals surface area contributed by atoms with Crippen molar-refractivity contribution in [1.29, 1.82) is 0 Å². The number of halogens is 7. The van der Waals surface area contributed by atoms with Crippen LogP contribution < -0.4 is 26.4 Å². The largest absolute Gasteiger partial charge is 0.482 e. The second kappa shape index (κ2) is 19.3. The lowest BCUT2D eigenvalue weighted by Gasteiger charge is -2.36. The molecule has 1 aliphatic heterocycles. The van der Waals surface area contributed by atoms with Crippen molar-refractivity contribution in [3.05, 3.63) is 52.4 Å². The Balaban J connectivity index is 1.56. The number of methoxy groups -OCH3 is 1. The third-order valence-electron chi connectivity index (χ3n) is 8.52. The quantitative estimate of drug-likeness (QED) is 0.0701. The molecule has 0 radical (unpaired) electrons. The summed E-state index contributed by atoms with van der Waals surface area (Å²) in [6, 6.07) is 6.08. The van der Waals surface area contributed by atoms with Crippen LogP contribution in [0.4, 0.5) is 42.1 Å². The highest BCUT2D eigenvalue weighted by Crippen LogP contribution is 2.40. The maximum atomic E-state index is 15.2. The number of rotatable bonds is 16. The van der Waals surface area contributed by atoms with Gasteiger partial charge in [0.1, 0.15) is 18.0 Å². The molecule has 0 saturated carbocycles. The van der Waals surface area contributed by atoms with Gasteiger partial charge in [-0.1, -0.05) is 24.0 Å². The number of ether oxygens (including phenoxy) is 2. The number of anilines is 2. The van der Waals surface area contributed by atoms with Crippen LogP contribution in [0.15, 0.2) is 36.4 Å². The standard InChI is InChI=1S/C36H40F7N5O7S/c1-54-34(53)28(9-10-31(44)51)47-33(52)20-7-8-26(29(14-20)55-19-36(41,42)43)45-12-3-6-30-23(15-35(38,39)40)22-4-2-5-27(32(22)56-30)46-25-11-13-48(17-24(25)37)16-21(50)18-49/h2,4-5,7-8,14,21,24-25,28,45-46,49-50H,9-13,15-19H2,1H3,(H2,44,51)(H,47,52). The molecule has 2 amide bonds. The van der Waals surface area contributed by atoms with Gasteiger partial charge in [0, 0.05) is 31.6 Å². The highest BCUT2D eigenvalue weighted by atomic mass is 32.1. The summed E-state index contributed by atoms with van der Waals surface area (Å²) >= 11 is 0.961. The average Bonchev–Trinajstić information content (AvgIpc) is 3.47. The predicted octanol–water partition coefficient (Wildman–Crippen LogP) is 4.13. The van der Waals surface area contributed by atoms with Crippen LogP contribution in [0.3, 0.4) is 0 Å². The lowest BCUT2D eigenvalue weighted by Crippen LogP contribution is -2.50. The zero-order chi connectivity index (χ0) is 41.2. The van der Waals surface area contributed by atoms with Crippen LogP contribution in [-0.2, 0) is 20.7 Å². The first-order valence-corrected chi connectivity index (χ1v) is 18.0. The molecule has 1 aliphatic rings. The van der Waals surface area contributed by atoms with E-state index in [9.17, 15) is 45.8 Å². The van der Waals surface area contributed by atoms with Gasteiger partial charge in [-0.05, 0) is 48.1 Å². The molecule has 2 heterocycles. The highest BCUT2D eigenvalue weighted by molar-refractivity contribution is 7.20. The normalized spacial score (nSPS) is 17.3. The van der Waals surface area contributed by atoms with Crippen molar-refractivity contribution in [3.63, 3.8) is 0 Å². The van der Waals surface area contributed by atoms with E-state index in [-0.39, 0.29) is 59.6 Å². The van der Waals surface area contributed by atoms with E-state index in [0.717, 1.165) is 24.5 Å². The van der Waals surface area contributed by atoms with Crippen molar-refractivity contribution in [1.82, 2.24) is 10.2 Å². The molecule has 0 bridgehead atoms. The number of hydrogen-bond acceptors (Lipinski definition) is 11. The maximum Gasteiger partial charge on any atom is 0.422 e. The molecule has 3 aromatic rings. The number of primary amides is 1. The van der Waals surface area contributed by atoms with E-state index in [2.05, 4.69) is 32.5 Å². The van der Waals surface area contributed by atoms with Crippen LogP contribution in [0.25, 0.3) is 10.1 Å². The Hall–Kier alpha value is -4.84. The number of benzene rings is 2. The summed E-state index contributed by atoms with van der Waals surface area (Å²) in [6.45, 7) is -2.02. The number of piperidine rings is 1. The van der Waals surface area contributed by atoms with E-state index in [1.54, 1.807) is 17.0 Å². The number of nitrogens with zero attached hydrogens (tertiary/aromatic N) is 1. The van der Waals surface area contributed by atoms with Crippen LogP contribution in [0.2, 0.25) is 0 Å². The number of thiophene rings is 1. The van der Waals surface area contributed by atoms with Crippen molar-refractivity contribution < 1.29 is 64.8 Å². The number of carbonyl (C=O) groups excluding carboxylic acids is 3. The van der Waals surface area contributed by atoms with E-state index >= 15 is 4.39 Å². The van der Waals surface area contributed by atoms with Crippen molar-refractivity contribution in [2.24, 2.45) is 5.73 Å². The SMILES string of the molecule is COC(=O)C(CCC(N)=O)NC(=O)c1ccc(NCC#Cc2sc3c(NC4CCN(CC(O)CO)CC4F)cccc3c2CC(F)(F)F)c(OCC(F)(F)F)c1. The number of aliphatic hydroxyl groups is 2. The molecule has 1 aromatic heterocycles. The molecule has 0 spiro atoms. The van der Waals surface area contributed by atoms with Crippen molar-refractivity contribution >= 4 is 50.6 Å². The first-order valence-electron chi connectivity index (χ1n) is 17.1. The molecule has 0 aliphatic carbocycles. The minimum Gasteiger partial charge on any atom is -0.482 e. The summed E-state index contributed by atoms with van der Waals surface area (Å²) < 4.78 is 106. The number of carbonyl (C=O) groups is 3. The first-order chi connectivity index (χ1) is 26.4. The van der Waals surface area contributed by atoms with E-state index in [0.29, 0.717) is 23.4 Å². The molecule has 56 heavy (non-hydrogen) atoms. The average molecular weight is 820 g/mol. The topological polar surface area (TPSA) is 175 Å². The van der Waals surface area contributed by atoms with Gasteiger partial charge in [-0.15, -0.1) is 11.3 Å². The fourth-order valence-electron chi connectivity index (χ4n) is 5.88. The molecule has 4 unspecified atom stereocenters. The summed E-state index contributed by atoms with van der Waals surface area (Å²) in [4.78, 5) is 38.0. The Morgan fingerprint density at radius 3 is 2.50 bits per heavy atom. The Kier molecular flexibility index (Phi) is 15.2. The van der Waals surface area contributed by atoms with Gasteiger partial charge in [0.2, 0.25) is 5.91 Å². The molecule has 20 heteroatoms. The lowest BCUT2D eigenvalue weighted by molar-refractivity contribution is -0.153. The summed E-state index contributed by atoms with van der Waals surface area (Å²) in [5, 5.41) is 27.3. The van der Waals surface area contributed by atoms with Crippen molar-refractivity contribution in [3.8, 4) is 17.6 Å². The number of likely N-dealkylation sites (tertiary alicyclic amines) is 1. The van der Waals surface area contributed by atoms with Gasteiger partial charge >= 0.3 is 18.3 Å². The van der Waals surface area contributed by atoms with E-state index in [4.69, 9.17) is 15.6 Å². The summed E-state index contributed by atoms with van der Waals surface area (Å²) in [5.41, 5.74) is 5.15. The smallest absolute Gasteiger partial charge is 0.422 e. The number of amides is 2. The fraction of sp³-hybridized carbons (Fsp3) is 0.472. The molecule has 7 N–H and O–H groups in total. The van der Waals surface area contributed by atoms with Crippen LogP contribution in [0.5, 0.6) is 5.75 Å². The number of aliphatic hydroxyl groups excluding tert-OH is 2. The minimum atomic E-state index is -4.77. The van der Waals surface area contributed by atoms with E-state index in [1.165, 1.54) is 18.2 Å². The maximum absolute atomic E-state index is 15.2. The zero-order valence-corrected chi connectivity index (χ0v) is 30.7. The molecular formula is C36H40F7N5O7S. The second-order valence-electron chi connectivity index (χ2n) is 12.9. The monoisotopic (exact) mass is 819 g/mol. The number of nitrogens with two attached hydrogens (primary N) is 1. The fourth-order valence-corrected chi connectivity index (χ4v) is 7.06. The molecule has 12 nitrogen and oxygen atoms in total. The van der Waals surface area contributed by atoms with Gasteiger partial charge in [-0.25, -0.2) is 9.18 Å². The summed E-state index contributed by atoms with van der Waals surface area (Å²) in [7, 11) is 1.05. The Bertz CT molecular complexity index is 1910. The van der Waals surface area contributed by atoms with Crippen LogP contribution in [0, 0.1) is 11.8 Å². The number of β-amino-alcohol motifs (C(OH)–C–C–N with tert-alkyl or cyclic N) is 1. The lowest BCUT2D eigenvalue weighted by atomic mass is 10.0. The minimum absolute atomic E-state index is 0.0225. The molecule has 306 valence electrons. The molecule has 4 rings (SSSR count). The second-order valence-corrected chi connectivity index (χ2v) is 13.9. The van der Waals surface area contributed by atoms with E-state index in [1.807, 2.05) is 0 Å². The predicted molar refractivity (Wildman–Crippen MR) is 193 cm³/mol. The molecule has 4 atom stereocenters. The van der Waals surface area contributed by atoms with Crippen molar-refractivity contribution in [2.75, 3.05) is 57.1 Å². The van der Waals surface area contributed by atoms with Crippen LogP contribution in [-0.4, -0.2) is 116 Å². The molecular weight excluding hydrogens is 779 g/mol. The van der Waals surface area contributed by atoms with E-state index < -0.39 is 79.9 Å². The van der Waals surface area contributed by atoms with Gasteiger partial charge < -0.3 is 41.4 Å². The Labute approximate surface area is 320 Å². The number of fused-ring (bicyclic) bond motifs is 1. The zero-order valence-electron chi connectivity index (χ0n) is 29.9. The van der Waals surface area contributed by atoms with Gasteiger partial charge in [0.25, 0.3) is 5.91 Å². The van der Waals surface area contributed by atoms with Gasteiger partial charge in [0.15, 0.2) is 6.61 Å². The Morgan fingerprint density at radius 1 is 1.11 bits per heavy atom. The number of esters is 1. The first kappa shape index (κ1) is 43.9. The summed E-state index contributed by atoms with van der Waals surface area (Å²) in [5.74, 6) is 2.42. The number of nitrogens with one attached hydrogen (secondary N) is 3. The summed E-state index contributed by atoms with van der Waals surface area (Å²) in [6.07, 6.45) is -13.3. The molecule has 2 aromatic carbocycles. The van der Waals surface area contributed by atoms with Crippen molar-refractivity contribution in [2.45, 2.75) is 62.4 Å². The highest BCUT2D eigenvalue weighted by Gasteiger charge is 2.33. The van der Waals surface area contributed by atoms with Gasteiger partial charge in [-0.3, -0.25) is 14.5 Å². The Morgan fingerprint density at radius 2 is 1.86 bits per heavy atom. The third-order valence-corrected chi connectivity index (χ3v) is 9.71.